The molecule has 1 heterocycles. The van der Waals surface area contributed by atoms with Gasteiger partial charge in [-0.15, -0.1) is 11.3 Å². The highest BCUT2D eigenvalue weighted by Crippen LogP contribution is 2.30. The molecular formula is C13H14BrNO3S2. The van der Waals surface area contributed by atoms with Crippen molar-refractivity contribution in [2.45, 2.75) is 17.2 Å². The van der Waals surface area contributed by atoms with Gasteiger partial charge in [0, 0.05) is 6.54 Å². The quantitative estimate of drug-likeness (QED) is 0.844. The van der Waals surface area contributed by atoms with E-state index in [4.69, 9.17) is 0 Å². The van der Waals surface area contributed by atoms with E-state index in [0.717, 1.165) is 20.7 Å². The van der Waals surface area contributed by atoms with Crippen LogP contribution in [0.1, 0.15) is 17.2 Å². The summed E-state index contributed by atoms with van der Waals surface area (Å²) in [5.74, 6) is 0. The molecule has 0 saturated heterocycles. The summed E-state index contributed by atoms with van der Waals surface area (Å²) in [6, 6.07) is 10.5. The van der Waals surface area contributed by atoms with Crippen molar-refractivity contribution >= 4 is 37.3 Å². The van der Waals surface area contributed by atoms with Crippen molar-refractivity contribution < 1.29 is 13.5 Å². The van der Waals surface area contributed by atoms with Crippen molar-refractivity contribution in [3.63, 3.8) is 0 Å². The third kappa shape index (κ3) is 3.67. The smallest absolute Gasteiger partial charge is 0.250 e. The van der Waals surface area contributed by atoms with E-state index in [-0.39, 0.29) is 10.8 Å². The summed E-state index contributed by atoms with van der Waals surface area (Å²) in [6.07, 6.45) is -0.865. The van der Waals surface area contributed by atoms with Crippen molar-refractivity contribution in [1.29, 1.82) is 0 Å². The van der Waals surface area contributed by atoms with Gasteiger partial charge in [-0.3, -0.25) is 0 Å². The maximum absolute atomic E-state index is 12.1. The fraction of sp³-hybridized carbons (Fsp3) is 0.231. The monoisotopic (exact) mass is 375 g/mol. The summed E-state index contributed by atoms with van der Waals surface area (Å²) < 4.78 is 27.7. The lowest BCUT2D eigenvalue weighted by atomic mass is 10.1. The van der Waals surface area contributed by atoms with E-state index in [1.165, 1.54) is 0 Å². The van der Waals surface area contributed by atoms with Crippen LogP contribution in [0.3, 0.4) is 0 Å². The maximum Gasteiger partial charge on any atom is 0.250 e. The maximum atomic E-state index is 12.1. The predicted molar refractivity (Wildman–Crippen MR) is 83.3 cm³/mol. The molecule has 0 radical (unpaired) electrons. The summed E-state index contributed by atoms with van der Waals surface area (Å²) >= 11 is 4.46. The molecule has 0 amide bonds. The van der Waals surface area contributed by atoms with Crippen LogP contribution < -0.4 is 4.72 Å². The van der Waals surface area contributed by atoms with Crippen LogP contribution in [0.4, 0.5) is 0 Å². The zero-order chi connectivity index (χ0) is 14.8. The Bertz CT molecular complexity index is 663. The molecule has 20 heavy (non-hydrogen) atoms. The first-order chi connectivity index (χ1) is 9.40. The van der Waals surface area contributed by atoms with E-state index in [0.29, 0.717) is 5.56 Å². The number of nitrogens with one attached hydrogen (secondary N) is 1. The standard InChI is InChI=1S/C13H14BrNO3S2/c1-9-7-12(19-13(9)14)20(17,18)15-8-11(16)10-5-3-2-4-6-10/h2-7,11,15-16H,8H2,1H3. The van der Waals surface area contributed by atoms with Gasteiger partial charge in [-0.25, -0.2) is 13.1 Å². The van der Waals surface area contributed by atoms with E-state index in [9.17, 15) is 13.5 Å². The third-order valence-corrected chi connectivity index (χ3v) is 6.78. The first kappa shape index (κ1) is 15.7. The highest BCUT2D eigenvalue weighted by atomic mass is 79.9. The molecule has 0 aliphatic rings. The second-order valence-corrected chi connectivity index (χ2v) is 8.66. The number of hydrogen-bond donors (Lipinski definition) is 2. The highest BCUT2D eigenvalue weighted by Gasteiger charge is 2.19. The molecule has 2 N–H and O–H groups in total. The molecule has 2 aromatic rings. The van der Waals surface area contributed by atoms with Crippen LogP contribution in [0, 0.1) is 6.92 Å². The molecule has 7 heteroatoms. The lowest BCUT2D eigenvalue weighted by Crippen LogP contribution is -2.28. The van der Waals surface area contributed by atoms with Gasteiger partial charge in [-0.1, -0.05) is 30.3 Å². The number of sulfonamides is 1. The molecule has 0 saturated carbocycles. The molecule has 1 aromatic carbocycles. The van der Waals surface area contributed by atoms with Gasteiger partial charge in [0.2, 0.25) is 10.0 Å². The number of rotatable bonds is 5. The molecule has 0 spiro atoms. The second-order valence-electron chi connectivity index (χ2n) is 4.30. The molecule has 108 valence electrons. The van der Waals surface area contributed by atoms with Crippen LogP contribution in [0.15, 0.2) is 44.4 Å². The van der Waals surface area contributed by atoms with Crippen LogP contribution in [0.5, 0.6) is 0 Å². The number of aliphatic hydroxyl groups excluding tert-OH is 1. The Morgan fingerprint density at radius 3 is 2.55 bits per heavy atom. The van der Waals surface area contributed by atoms with Crippen LogP contribution in [-0.4, -0.2) is 20.1 Å². The third-order valence-electron chi connectivity index (χ3n) is 2.75. The van der Waals surface area contributed by atoms with Crippen molar-refractivity contribution in [2.75, 3.05) is 6.54 Å². The molecular weight excluding hydrogens is 362 g/mol. The Labute approximate surface area is 130 Å². The van der Waals surface area contributed by atoms with Gasteiger partial charge in [-0.2, -0.15) is 0 Å². The summed E-state index contributed by atoms with van der Waals surface area (Å²) in [7, 11) is -3.59. The Morgan fingerprint density at radius 1 is 1.35 bits per heavy atom. The van der Waals surface area contributed by atoms with E-state index < -0.39 is 16.1 Å². The van der Waals surface area contributed by atoms with Crippen molar-refractivity contribution in [2.24, 2.45) is 0 Å². The molecule has 1 atom stereocenters. The molecule has 0 bridgehead atoms. The Kier molecular flexibility index (Phi) is 4.98. The van der Waals surface area contributed by atoms with Crippen LogP contribution >= 0.6 is 27.3 Å². The van der Waals surface area contributed by atoms with Gasteiger partial charge in [0.15, 0.2) is 0 Å². The fourth-order valence-electron chi connectivity index (χ4n) is 1.62. The molecule has 1 aromatic heterocycles. The highest BCUT2D eigenvalue weighted by molar-refractivity contribution is 9.11. The Balaban J connectivity index is 2.06. The number of hydrogen-bond acceptors (Lipinski definition) is 4. The minimum absolute atomic E-state index is 0.0546. The zero-order valence-corrected chi connectivity index (χ0v) is 13.9. The average molecular weight is 376 g/mol. The van der Waals surface area contributed by atoms with Gasteiger partial charge in [0.1, 0.15) is 4.21 Å². The van der Waals surface area contributed by atoms with Gasteiger partial charge >= 0.3 is 0 Å². The van der Waals surface area contributed by atoms with E-state index in [2.05, 4.69) is 20.7 Å². The molecule has 0 fully saturated rings. The van der Waals surface area contributed by atoms with E-state index in [1.54, 1.807) is 30.3 Å². The number of aliphatic hydroxyl groups is 1. The second kappa shape index (κ2) is 6.36. The van der Waals surface area contributed by atoms with E-state index in [1.807, 2.05) is 13.0 Å². The number of halogens is 1. The van der Waals surface area contributed by atoms with Crippen molar-refractivity contribution in [3.8, 4) is 0 Å². The minimum atomic E-state index is -3.59. The molecule has 0 aliphatic heterocycles. The zero-order valence-electron chi connectivity index (χ0n) is 10.7. The minimum Gasteiger partial charge on any atom is -0.387 e. The number of benzene rings is 1. The normalized spacial score (nSPS) is 13.3. The Hall–Kier alpha value is -0.730. The number of thiophene rings is 1. The van der Waals surface area contributed by atoms with Gasteiger partial charge < -0.3 is 5.11 Å². The summed E-state index contributed by atoms with van der Waals surface area (Å²) in [5.41, 5.74) is 1.55. The molecule has 4 nitrogen and oxygen atoms in total. The first-order valence-corrected chi connectivity index (χ1v) is 8.98. The Morgan fingerprint density at radius 2 is 2.00 bits per heavy atom. The SMILES string of the molecule is Cc1cc(S(=O)(=O)NCC(O)c2ccccc2)sc1Br. The van der Waals surface area contributed by atoms with Gasteiger partial charge in [0.05, 0.1) is 9.89 Å². The lowest BCUT2D eigenvalue weighted by molar-refractivity contribution is 0.182. The lowest BCUT2D eigenvalue weighted by Gasteiger charge is -2.11. The van der Waals surface area contributed by atoms with Gasteiger partial charge in [-0.05, 0) is 40.0 Å². The van der Waals surface area contributed by atoms with Crippen LogP contribution in [0.2, 0.25) is 0 Å². The molecule has 2 rings (SSSR count). The fourth-order valence-corrected chi connectivity index (χ4v) is 4.93. The van der Waals surface area contributed by atoms with Crippen LogP contribution in [-0.2, 0) is 10.0 Å². The number of aryl methyl sites for hydroxylation is 1. The largest absolute Gasteiger partial charge is 0.387 e. The van der Waals surface area contributed by atoms with Crippen molar-refractivity contribution in [3.05, 3.63) is 51.3 Å². The average Bonchev–Trinajstić information content (AvgIpc) is 2.78. The van der Waals surface area contributed by atoms with Crippen LogP contribution in [0.25, 0.3) is 0 Å². The predicted octanol–water partition coefficient (Wildman–Crippen LogP) is 2.83. The molecule has 0 aliphatic carbocycles. The van der Waals surface area contributed by atoms with Crippen molar-refractivity contribution in [1.82, 2.24) is 4.72 Å². The van der Waals surface area contributed by atoms with E-state index >= 15 is 0 Å². The topological polar surface area (TPSA) is 66.4 Å². The first-order valence-electron chi connectivity index (χ1n) is 5.89. The summed E-state index contributed by atoms with van der Waals surface area (Å²) in [6.45, 7) is 1.78. The molecule has 1 unspecified atom stereocenters. The summed E-state index contributed by atoms with van der Waals surface area (Å²) in [5, 5.41) is 9.96. The van der Waals surface area contributed by atoms with Gasteiger partial charge in [0.25, 0.3) is 0 Å². The summed E-state index contributed by atoms with van der Waals surface area (Å²) in [4.78, 5) is 0.